The van der Waals surface area contributed by atoms with Gasteiger partial charge in [0.1, 0.15) is 6.04 Å². The van der Waals surface area contributed by atoms with Crippen LogP contribution in [0.25, 0.3) is 0 Å². The fraction of sp³-hybridized carbons (Fsp3) is 0.333. The Labute approximate surface area is 132 Å². The number of carboxylic acids is 1. The van der Waals surface area contributed by atoms with Crippen molar-refractivity contribution in [3.8, 4) is 0 Å². The minimum absolute atomic E-state index is 0.00667. The Balaban J connectivity index is 2.07. The molecule has 0 aromatic heterocycles. The summed E-state index contributed by atoms with van der Waals surface area (Å²) in [4.78, 5) is 48.3. The molecule has 1 fully saturated rings. The van der Waals surface area contributed by atoms with Crippen LogP contribution in [-0.2, 0) is 16.1 Å². The molecule has 1 unspecified atom stereocenters. The average Bonchev–Trinajstić information content (AvgIpc) is 2.85. The largest absolute Gasteiger partial charge is 0.480 e. The molecule has 1 aromatic rings. The van der Waals surface area contributed by atoms with E-state index in [-0.39, 0.29) is 19.0 Å². The van der Waals surface area contributed by atoms with Crippen LogP contribution in [0.1, 0.15) is 22.8 Å². The molecule has 2 rings (SSSR count). The van der Waals surface area contributed by atoms with Crippen molar-refractivity contribution >= 4 is 23.8 Å². The Kier molecular flexibility index (Phi) is 4.63. The van der Waals surface area contributed by atoms with Crippen LogP contribution in [0.5, 0.6) is 0 Å². The monoisotopic (exact) mass is 319 g/mol. The molecule has 1 aliphatic heterocycles. The Morgan fingerprint density at radius 2 is 1.91 bits per heavy atom. The average molecular weight is 319 g/mol. The van der Waals surface area contributed by atoms with Gasteiger partial charge in [-0.05, 0) is 24.6 Å². The first kappa shape index (κ1) is 16.5. The summed E-state index contributed by atoms with van der Waals surface area (Å²) in [6, 6.07) is 4.97. The van der Waals surface area contributed by atoms with Gasteiger partial charge in [0.25, 0.3) is 5.91 Å². The van der Waals surface area contributed by atoms with Crippen LogP contribution in [0.2, 0.25) is 0 Å². The Morgan fingerprint density at radius 3 is 2.39 bits per heavy atom. The number of nitrogens with zero attached hydrogens (tertiary/aromatic N) is 2. The maximum Gasteiger partial charge on any atom is 0.326 e. The molecule has 8 heteroatoms. The van der Waals surface area contributed by atoms with Crippen LogP contribution < -0.4 is 5.32 Å². The molecule has 0 saturated carbocycles. The van der Waals surface area contributed by atoms with E-state index in [1.54, 1.807) is 24.3 Å². The number of carboxylic acid groups (broad SMARTS) is 1. The second-order valence-electron chi connectivity index (χ2n) is 5.27. The van der Waals surface area contributed by atoms with Crippen molar-refractivity contribution in [3.05, 3.63) is 35.4 Å². The number of likely N-dealkylation sites (N-methyl/N-ethyl adjacent to an activating group) is 1. The highest BCUT2D eigenvalue weighted by Crippen LogP contribution is 2.12. The van der Waals surface area contributed by atoms with Crippen molar-refractivity contribution in [1.29, 1.82) is 0 Å². The van der Waals surface area contributed by atoms with Crippen molar-refractivity contribution in [2.75, 3.05) is 13.6 Å². The van der Waals surface area contributed by atoms with Gasteiger partial charge < -0.3 is 15.3 Å². The number of hydrogen-bond donors (Lipinski definition) is 2. The molecule has 1 aliphatic rings. The third kappa shape index (κ3) is 3.47. The van der Waals surface area contributed by atoms with Gasteiger partial charge in [-0.2, -0.15) is 0 Å². The van der Waals surface area contributed by atoms with Gasteiger partial charge in [0.15, 0.2) is 0 Å². The lowest BCUT2D eigenvalue weighted by atomic mass is 10.1. The molecule has 0 spiro atoms. The zero-order chi connectivity index (χ0) is 17.1. The number of carbonyl (C=O) groups excluding carboxylic acids is 3. The van der Waals surface area contributed by atoms with E-state index < -0.39 is 23.9 Å². The Hall–Kier alpha value is -2.90. The molecule has 1 atom stereocenters. The van der Waals surface area contributed by atoms with Crippen LogP contribution in [0.15, 0.2) is 24.3 Å². The van der Waals surface area contributed by atoms with Crippen molar-refractivity contribution in [3.63, 3.8) is 0 Å². The molecular formula is C15H17N3O5. The van der Waals surface area contributed by atoms with E-state index in [2.05, 4.69) is 5.32 Å². The van der Waals surface area contributed by atoms with E-state index in [1.807, 2.05) is 0 Å². The molecule has 1 heterocycles. The second kappa shape index (κ2) is 6.47. The van der Waals surface area contributed by atoms with Gasteiger partial charge in [-0.25, -0.2) is 9.59 Å². The summed E-state index contributed by atoms with van der Waals surface area (Å²) in [6.07, 6.45) is 0. The van der Waals surface area contributed by atoms with Crippen LogP contribution >= 0.6 is 0 Å². The van der Waals surface area contributed by atoms with E-state index in [4.69, 9.17) is 5.11 Å². The molecule has 1 saturated heterocycles. The Morgan fingerprint density at radius 1 is 1.30 bits per heavy atom. The number of nitrogens with one attached hydrogen (secondary N) is 1. The second-order valence-corrected chi connectivity index (χ2v) is 5.27. The number of amides is 4. The molecule has 8 nitrogen and oxygen atoms in total. The van der Waals surface area contributed by atoms with E-state index >= 15 is 0 Å². The normalized spacial score (nSPS) is 15.3. The number of urea groups is 1. The lowest BCUT2D eigenvalue weighted by Crippen LogP contribution is -2.40. The number of rotatable bonds is 5. The number of imide groups is 1. The summed E-state index contributed by atoms with van der Waals surface area (Å²) in [5, 5.41) is 11.4. The number of benzene rings is 1. The van der Waals surface area contributed by atoms with Crippen LogP contribution in [0, 0.1) is 0 Å². The van der Waals surface area contributed by atoms with E-state index in [0.29, 0.717) is 11.1 Å². The molecule has 1 aromatic carbocycles. The minimum atomic E-state index is -1.09. The number of hydrogen-bond acceptors (Lipinski definition) is 4. The van der Waals surface area contributed by atoms with Crippen LogP contribution in [-0.4, -0.2) is 58.4 Å². The molecule has 4 amide bonds. The summed E-state index contributed by atoms with van der Waals surface area (Å²) in [5.74, 6) is -1.80. The van der Waals surface area contributed by atoms with Gasteiger partial charge in [-0.15, -0.1) is 0 Å². The molecule has 2 N–H and O–H groups in total. The predicted molar refractivity (Wildman–Crippen MR) is 79.6 cm³/mol. The maximum atomic E-state index is 12.2. The molecule has 23 heavy (non-hydrogen) atoms. The van der Waals surface area contributed by atoms with Crippen molar-refractivity contribution < 1.29 is 24.3 Å². The van der Waals surface area contributed by atoms with Gasteiger partial charge in [-0.1, -0.05) is 12.1 Å². The van der Waals surface area contributed by atoms with Crippen molar-refractivity contribution in [2.45, 2.75) is 19.5 Å². The summed E-state index contributed by atoms with van der Waals surface area (Å²) in [7, 11) is 1.42. The lowest BCUT2D eigenvalue weighted by molar-refractivity contribution is -0.141. The smallest absolute Gasteiger partial charge is 0.326 e. The quantitative estimate of drug-likeness (QED) is 0.758. The molecule has 0 bridgehead atoms. The standard InChI is InChI=1S/C15H17N3O5/c1-9(14(21)22)17(2)13(20)11-5-3-10(4-6-11)8-18-12(19)7-16-15(18)23/h3-6,9H,7-8H2,1-2H3,(H,16,23)(H,21,22). The van der Waals surface area contributed by atoms with Crippen LogP contribution in [0.3, 0.4) is 0 Å². The maximum absolute atomic E-state index is 12.2. The molecule has 122 valence electrons. The van der Waals surface area contributed by atoms with Gasteiger partial charge in [-0.3, -0.25) is 14.5 Å². The van der Waals surface area contributed by atoms with Crippen molar-refractivity contribution in [2.24, 2.45) is 0 Å². The highest BCUT2D eigenvalue weighted by Gasteiger charge is 2.28. The summed E-state index contributed by atoms with van der Waals surface area (Å²) in [5.41, 5.74) is 1.03. The first-order valence-electron chi connectivity index (χ1n) is 6.98. The fourth-order valence-corrected chi connectivity index (χ4v) is 2.10. The summed E-state index contributed by atoms with van der Waals surface area (Å²) >= 11 is 0. The van der Waals surface area contributed by atoms with Crippen LogP contribution in [0.4, 0.5) is 4.79 Å². The summed E-state index contributed by atoms with van der Waals surface area (Å²) in [6.45, 7) is 1.54. The lowest BCUT2D eigenvalue weighted by Gasteiger charge is -2.21. The highest BCUT2D eigenvalue weighted by atomic mass is 16.4. The fourth-order valence-electron chi connectivity index (χ4n) is 2.10. The Bertz CT molecular complexity index is 640. The van der Waals surface area contributed by atoms with Gasteiger partial charge >= 0.3 is 12.0 Å². The third-order valence-electron chi connectivity index (χ3n) is 3.74. The third-order valence-corrected chi connectivity index (χ3v) is 3.74. The topological polar surface area (TPSA) is 107 Å². The van der Waals surface area contributed by atoms with Gasteiger partial charge in [0.2, 0.25) is 5.91 Å². The SMILES string of the molecule is CC(C(=O)O)N(C)C(=O)c1ccc(CN2C(=O)CNC2=O)cc1. The highest BCUT2D eigenvalue weighted by molar-refractivity contribution is 6.02. The molecular weight excluding hydrogens is 302 g/mol. The summed E-state index contributed by atoms with van der Waals surface area (Å²) < 4.78 is 0. The van der Waals surface area contributed by atoms with Gasteiger partial charge in [0.05, 0.1) is 13.1 Å². The molecule has 0 radical (unpaired) electrons. The first-order chi connectivity index (χ1) is 10.8. The van der Waals surface area contributed by atoms with E-state index in [0.717, 1.165) is 9.80 Å². The first-order valence-corrected chi connectivity index (χ1v) is 6.98. The minimum Gasteiger partial charge on any atom is -0.480 e. The van der Waals surface area contributed by atoms with E-state index in [9.17, 15) is 19.2 Å². The van der Waals surface area contributed by atoms with Crippen molar-refractivity contribution in [1.82, 2.24) is 15.1 Å². The predicted octanol–water partition coefficient (Wildman–Crippen LogP) is 0.284. The number of carbonyl (C=O) groups is 4. The van der Waals surface area contributed by atoms with E-state index in [1.165, 1.54) is 14.0 Å². The zero-order valence-electron chi connectivity index (χ0n) is 12.8. The number of aliphatic carboxylic acids is 1. The molecule has 0 aliphatic carbocycles. The zero-order valence-corrected chi connectivity index (χ0v) is 12.8. The van der Waals surface area contributed by atoms with Gasteiger partial charge in [0, 0.05) is 12.6 Å².